The van der Waals surface area contributed by atoms with Crippen LogP contribution in [0.25, 0.3) is 0 Å². The number of ether oxygens (including phenoxy) is 1. The summed E-state index contributed by atoms with van der Waals surface area (Å²) < 4.78 is 20.2. The number of benzene rings is 2. The van der Waals surface area contributed by atoms with Crippen LogP contribution in [0.5, 0.6) is 5.75 Å². The monoisotopic (exact) mass is 388 g/mol. The number of hydrogen-bond donors (Lipinski definition) is 1. The number of aliphatic hydroxyl groups excluding tert-OH is 1. The van der Waals surface area contributed by atoms with E-state index in [1.165, 1.54) is 6.07 Å². The molecule has 0 fully saturated rings. The summed E-state index contributed by atoms with van der Waals surface area (Å²) in [5, 5.41) is 11.7. The van der Waals surface area contributed by atoms with Gasteiger partial charge in [0.2, 0.25) is 0 Å². The van der Waals surface area contributed by atoms with E-state index in [2.05, 4.69) is 13.8 Å². The highest BCUT2D eigenvalue weighted by Gasteiger charge is 2.45. The van der Waals surface area contributed by atoms with Gasteiger partial charge in [-0.2, -0.15) is 0 Å². The maximum atomic E-state index is 14.8. The minimum absolute atomic E-state index is 0.236. The van der Waals surface area contributed by atoms with Crippen LogP contribution < -0.4 is 4.74 Å². The topological polar surface area (TPSA) is 29.5 Å². The quantitative estimate of drug-likeness (QED) is 0.656. The summed E-state index contributed by atoms with van der Waals surface area (Å²) in [6.45, 7) is 4.32. The van der Waals surface area contributed by atoms with Gasteiger partial charge in [-0.15, -0.1) is 11.8 Å². The van der Waals surface area contributed by atoms with Gasteiger partial charge in [0, 0.05) is 22.0 Å². The molecule has 0 radical (unpaired) electrons. The van der Waals surface area contributed by atoms with Gasteiger partial charge in [0.1, 0.15) is 11.6 Å². The Morgan fingerprint density at radius 2 is 1.96 bits per heavy atom. The van der Waals surface area contributed by atoms with Crippen molar-refractivity contribution in [2.45, 2.75) is 56.4 Å². The van der Waals surface area contributed by atoms with E-state index in [0.29, 0.717) is 5.56 Å². The molecule has 0 amide bonds. The molecule has 2 nitrogen and oxygen atoms in total. The van der Waals surface area contributed by atoms with Crippen molar-refractivity contribution >= 4 is 11.8 Å². The third kappa shape index (κ3) is 3.88. The Morgan fingerprint density at radius 1 is 1.19 bits per heavy atom. The van der Waals surface area contributed by atoms with Crippen LogP contribution in [0.2, 0.25) is 0 Å². The molecule has 1 N–H and O–H groups in total. The van der Waals surface area contributed by atoms with Crippen molar-refractivity contribution < 1.29 is 14.2 Å². The first-order valence-electron chi connectivity index (χ1n) is 9.79. The van der Waals surface area contributed by atoms with Crippen molar-refractivity contribution in [3.8, 4) is 5.75 Å². The van der Waals surface area contributed by atoms with Crippen molar-refractivity contribution in [3.63, 3.8) is 0 Å². The summed E-state index contributed by atoms with van der Waals surface area (Å²) in [5.74, 6) is 0.917. The third-order valence-electron chi connectivity index (χ3n) is 5.98. The molecule has 1 aliphatic rings. The molecule has 146 valence electrons. The molecule has 0 spiro atoms. The molecule has 4 heteroatoms. The van der Waals surface area contributed by atoms with E-state index in [4.69, 9.17) is 4.74 Å². The van der Waals surface area contributed by atoms with Gasteiger partial charge in [-0.1, -0.05) is 44.9 Å². The zero-order valence-electron chi connectivity index (χ0n) is 16.4. The fourth-order valence-electron chi connectivity index (χ4n) is 4.16. The number of aliphatic hydroxyl groups is 1. The molecule has 27 heavy (non-hydrogen) atoms. The van der Waals surface area contributed by atoms with E-state index in [1.54, 1.807) is 24.9 Å². The van der Waals surface area contributed by atoms with E-state index in [1.807, 2.05) is 30.3 Å². The molecule has 2 aromatic rings. The molecule has 3 rings (SSSR count). The molecule has 0 aliphatic carbocycles. The molecular formula is C23H29FO2S. The molecule has 1 heterocycles. The number of unbranched alkanes of at least 4 members (excludes halogenated alkanes) is 1. The predicted molar refractivity (Wildman–Crippen MR) is 110 cm³/mol. The van der Waals surface area contributed by atoms with E-state index in [-0.39, 0.29) is 11.2 Å². The molecule has 3 unspecified atom stereocenters. The summed E-state index contributed by atoms with van der Waals surface area (Å²) in [6.07, 6.45) is 3.33. The summed E-state index contributed by atoms with van der Waals surface area (Å²) in [7, 11) is 1.64. The van der Waals surface area contributed by atoms with Crippen molar-refractivity contribution in [3.05, 3.63) is 59.4 Å². The van der Waals surface area contributed by atoms with Gasteiger partial charge in [0.15, 0.2) is 0 Å². The van der Waals surface area contributed by atoms with E-state index >= 15 is 0 Å². The number of hydrogen-bond acceptors (Lipinski definition) is 3. The standard InChI is InChI=1S/C23H29FO2S/c1-4-6-13-23(5-2)15-27-20-12-11-16(26-3)14-18(20)21(22(23)25)17-9-7-8-10-19(17)24/h7-12,14,21-22,25H,4-6,13,15H2,1-3H3. The summed E-state index contributed by atoms with van der Waals surface area (Å²) in [5.41, 5.74) is 1.29. The normalized spacial score (nSPS) is 24.9. The third-order valence-corrected chi connectivity index (χ3v) is 7.38. The average molecular weight is 389 g/mol. The van der Waals surface area contributed by atoms with Crippen LogP contribution in [0.4, 0.5) is 4.39 Å². The zero-order chi connectivity index (χ0) is 19.4. The number of fused-ring (bicyclic) bond motifs is 1. The summed E-state index contributed by atoms with van der Waals surface area (Å²) >= 11 is 1.78. The first kappa shape index (κ1) is 20.2. The van der Waals surface area contributed by atoms with Crippen molar-refractivity contribution in [2.75, 3.05) is 12.9 Å². The van der Waals surface area contributed by atoms with Gasteiger partial charge in [0.05, 0.1) is 13.2 Å². The first-order chi connectivity index (χ1) is 13.1. The van der Waals surface area contributed by atoms with Crippen LogP contribution in [-0.4, -0.2) is 24.1 Å². The second-order valence-corrected chi connectivity index (χ2v) is 8.47. The Labute approximate surface area is 166 Å². The molecule has 1 aliphatic heterocycles. The molecule has 0 bridgehead atoms. The number of thioether (sulfide) groups is 1. The Bertz CT molecular complexity index is 779. The Kier molecular flexibility index (Phi) is 6.48. The molecule has 0 saturated heterocycles. The van der Waals surface area contributed by atoms with Crippen LogP contribution in [-0.2, 0) is 0 Å². The fraction of sp³-hybridized carbons (Fsp3) is 0.478. The number of methoxy groups -OCH3 is 1. The van der Waals surface area contributed by atoms with Crippen LogP contribution in [0, 0.1) is 11.2 Å². The minimum atomic E-state index is -0.646. The lowest BCUT2D eigenvalue weighted by Gasteiger charge is -2.39. The summed E-state index contributed by atoms with van der Waals surface area (Å²) in [4.78, 5) is 1.11. The lowest BCUT2D eigenvalue weighted by molar-refractivity contribution is 0.0175. The smallest absolute Gasteiger partial charge is 0.127 e. The van der Waals surface area contributed by atoms with Crippen LogP contribution in [0.15, 0.2) is 47.4 Å². The maximum absolute atomic E-state index is 14.8. The second kappa shape index (κ2) is 8.66. The summed E-state index contributed by atoms with van der Waals surface area (Å²) in [6, 6.07) is 12.8. The van der Waals surface area contributed by atoms with Gasteiger partial charge in [0.25, 0.3) is 0 Å². The van der Waals surface area contributed by atoms with Gasteiger partial charge in [-0.3, -0.25) is 0 Å². The SMILES string of the molecule is CCCCC1(CC)CSc2ccc(OC)cc2C(c2ccccc2F)C1O. The van der Waals surface area contributed by atoms with Crippen LogP contribution >= 0.6 is 11.8 Å². The van der Waals surface area contributed by atoms with E-state index < -0.39 is 12.0 Å². The minimum Gasteiger partial charge on any atom is -0.497 e. The van der Waals surface area contributed by atoms with Crippen LogP contribution in [0.3, 0.4) is 0 Å². The van der Waals surface area contributed by atoms with Gasteiger partial charge < -0.3 is 9.84 Å². The second-order valence-electron chi connectivity index (χ2n) is 7.46. The highest BCUT2D eigenvalue weighted by Crippen LogP contribution is 2.51. The molecule has 0 saturated carbocycles. The molecule has 0 aromatic heterocycles. The highest BCUT2D eigenvalue weighted by molar-refractivity contribution is 7.99. The molecule has 3 atom stereocenters. The van der Waals surface area contributed by atoms with Crippen molar-refractivity contribution in [1.82, 2.24) is 0 Å². The average Bonchev–Trinajstić information content (AvgIpc) is 2.81. The zero-order valence-corrected chi connectivity index (χ0v) is 17.2. The lowest BCUT2D eigenvalue weighted by Crippen LogP contribution is -2.40. The number of halogens is 1. The Balaban J connectivity index is 2.18. The molecule has 2 aromatic carbocycles. The Hall–Kier alpha value is -1.52. The lowest BCUT2D eigenvalue weighted by atomic mass is 9.69. The van der Waals surface area contributed by atoms with E-state index in [0.717, 1.165) is 47.6 Å². The maximum Gasteiger partial charge on any atom is 0.127 e. The fourth-order valence-corrected chi connectivity index (χ4v) is 5.64. The van der Waals surface area contributed by atoms with Crippen molar-refractivity contribution in [2.24, 2.45) is 5.41 Å². The first-order valence-corrected chi connectivity index (χ1v) is 10.8. The Morgan fingerprint density at radius 3 is 2.63 bits per heavy atom. The van der Waals surface area contributed by atoms with Gasteiger partial charge in [-0.05, 0) is 48.2 Å². The predicted octanol–water partition coefficient (Wildman–Crippen LogP) is 6.02. The largest absolute Gasteiger partial charge is 0.497 e. The molecular weight excluding hydrogens is 359 g/mol. The van der Waals surface area contributed by atoms with E-state index in [9.17, 15) is 9.50 Å². The van der Waals surface area contributed by atoms with Gasteiger partial charge >= 0.3 is 0 Å². The van der Waals surface area contributed by atoms with Crippen LogP contribution in [0.1, 0.15) is 56.6 Å². The van der Waals surface area contributed by atoms with Gasteiger partial charge in [-0.25, -0.2) is 4.39 Å². The highest BCUT2D eigenvalue weighted by atomic mass is 32.2. The van der Waals surface area contributed by atoms with Crippen molar-refractivity contribution in [1.29, 1.82) is 0 Å². The number of rotatable bonds is 6.